The van der Waals surface area contributed by atoms with Crippen LogP contribution in [-0.2, 0) is 9.53 Å². The molecular formula is C19H18BrFN2O2. The summed E-state index contributed by atoms with van der Waals surface area (Å²) in [4.78, 5) is 14.3. The molecule has 0 saturated carbocycles. The van der Waals surface area contributed by atoms with Crippen LogP contribution in [-0.4, -0.2) is 32.2 Å². The molecule has 1 aliphatic rings. The van der Waals surface area contributed by atoms with Crippen LogP contribution < -0.4 is 10.2 Å². The number of morpholine rings is 1. The van der Waals surface area contributed by atoms with Gasteiger partial charge in [-0.1, -0.05) is 15.9 Å². The molecule has 0 radical (unpaired) electrons. The Kier molecular flexibility index (Phi) is 5.83. The Bertz CT molecular complexity index is 771. The number of hydrogen-bond acceptors (Lipinski definition) is 3. The Morgan fingerprint density at radius 3 is 2.60 bits per heavy atom. The highest BCUT2D eigenvalue weighted by atomic mass is 79.9. The predicted octanol–water partition coefficient (Wildman–Crippen LogP) is 4.08. The summed E-state index contributed by atoms with van der Waals surface area (Å²) in [6, 6.07) is 12.2. The molecule has 2 aromatic rings. The van der Waals surface area contributed by atoms with Crippen LogP contribution in [0.4, 0.5) is 15.8 Å². The molecule has 1 fully saturated rings. The average Bonchev–Trinajstić information content (AvgIpc) is 2.64. The average molecular weight is 405 g/mol. The van der Waals surface area contributed by atoms with Crippen LogP contribution in [0.3, 0.4) is 0 Å². The fourth-order valence-corrected chi connectivity index (χ4v) is 2.95. The lowest BCUT2D eigenvalue weighted by Crippen LogP contribution is -2.36. The monoisotopic (exact) mass is 404 g/mol. The molecular weight excluding hydrogens is 387 g/mol. The summed E-state index contributed by atoms with van der Waals surface area (Å²) in [7, 11) is 0. The van der Waals surface area contributed by atoms with Crippen LogP contribution in [0.25, 0.3) is 6.08 Å². The van der Waals surface area contributed by atoms with E-state index in [1.807, 2.05) is 24.3 Å². The quantitative estimate of drug-likeness (QED) is 0.780. The van der Waals surface area contributed by atoms with Gasteiger partial charge in [-0.25, -0.2) is 4.39 Å². The summed E-state index contributed by atoms with van der Waals surface area (Å²) in [5, 5.41) is 2.77. The molecule has 1 amide bonds. The van der Waals surface area contributed by atoms with Gasteiger partial charge in [0.2, 0.25) is 5.91 Å². The number of ether oxygens (including phenoxy) is 1. The first-order chi connectivity index (χ1) is 12.1. The summed E-state index contributed by atoms with van der Waals surface area (Å²) in [6.45, 7) is 3.20. The Hall–Kier alpha value is -2.18. The number of hydrogen-bond donors (Lipinski definition) is 1. The van der Waals surface area contributed by atoms with Gasteiger partial charge in [0.15, 0.2) is 0 Å². The van der Waals surface area contributed by atoms with E-state index < -0.39 is 0 Å². The fraction of sp³-hybridized carbons (Fsp3) is 0.211. The molecule has 1 heterocycles. The van der Waals surface area contributed by atoms with E-state index in [1.54, 1.807) is 12.1 Å². The predicted molar refractivity (Wildman–Crippen MR) is 101 cm³/mol. The zero-order chi connectivity index (χ0) is 17.6. The molecule has 0 unspecified atom stereocenters. The van der Waals surface area contributed by atoms with Crippen molar-refractivity contribution in [3.8, 4) is 0 Å². The molecule has 3 rings (SSSR count). The minimum Gasteiger partial charge on any atom is -0.378 e. The molecule has 0 bridgehead atoms. The van der Waals surface area contributed by atoms with Gasteiger partial charge in [0.05, 0.1) is 13.2 Å². The van der Waals surface area contributed by atoms with Gasteiger partial charge in [-0.05, 0) is 48.5 Å². The van der Waals surface area contributed by atoms with Crippen molar-refractivity contribution in [1.82, 2.24) is 0 Å². The molecule has 130 valence electrons. The standard InChI is InChI=1S/C19H18BrFN2O2/c20-15-2-7-18(21)14(13-15)1-8-19(24)22-16-3-5-17(6-4-16)23-9-11-25-12-10-23/h1-8,13H,9-12H2,(H,22,24)/b8-1+. The number of nitrogens with zero attached hydrogens (tertiary/aromatic N) is 1. The van der Waals surface area contributed by atoms with Gasteiger partial charge in [-0.2, -0.15) is 0 Å². The summed E-state index contributed by atoms with van der Waals surface area (Å²) in [5.41, 5.74) is 2.15. The first-order valence-corrected chi connectivity index (χ1v) is 8.78. The van der Waals surface area contributed by atoms with E-state index in [2.05, 4.69) is 26.1 Å². The molecule has 1 saturated heterocycles. The van der Waals surface area contributed by atoms with Crippen molar-refractivity contribution in [3.05, 3.63) is 64.4 Å². The lowest BCUT2D eigenvalue weighted by atomic mass is 10.2. The van der Waals surface area contributed by atoms with Crippen molar-refractivity contribution in [3.63, 3.8) is 0 Å². The van der Waals surface area contributed by atoms with Gasteiger partial charge in [-0.15, -0.1) is 0 Å². The van der Waals surface area contributed by atoms with Gasteiger partial charge >= 0.3 is 0 Å². The highest BCUT2D eigenvalue weighted by Crippen LogP contribution is 2.19. The second kappa shape index (κ2) is 8.27. The van der Waals surface area contributed by atoms with Gasteiger partial charge < -0.3 is 15.0 Å². The van der Waals surface area contributed by atoms with E-state index in [1.165, 1.54) is 18.2 Å². The number of nitrogens with one attached hydrogen (secondary N) is 1. The van der Waals surface area contributed by atoms with Crippen molar-refractivity contribution >= 4 is 39.3 Å². The van der Waals surface area contributed by atoms with Crippen LogP contribution in [0, 0.1) is 5.82 Å². The van der Waals surface area contributed by atoms with E-state index in [9.17, 15) is 9.18 Å². The first kappa shape index (κ1) is 17.6. The van der Waals surface area contributed by atoms with Crippen molar-refractivity contribution in [1.29, 1.82) is 0 Å². The van der Waals surface area contributed by atoms with E-state index in [4.69, 9.17) is 4.74 Å². The summed E-state index contributed by atoms with van der Waals surface area (Å²) >= 11 is 3.28. The maximum absolute atomic E-state index is 13.7. The number of carbonyl (C=O) groups is 1. The van der Waals surface area contributed by atoms with E-state index in [0.717, 1.165) is 36.5 Å². The van der Waals surface area contributed by atoms with Crippen LogP contribution in [0.15, 0.2) is 53.0 Å². The molecule has 25 heavy (non-hydrogen) atoms. The second-order valence-electron chi connectivity index (χ2n) is 5.63. The summed E-state index contributed by atoms with van der Waals surface area (Å²) in [6.07, 6.45) is 2.78. The third kappa shape index (κ3) is 4.90. The Labute approximate surface area is 154 Å². The highest BCUT2D eigenvalue weighted by Gasteiger charge is 2.10. The SMILES string of the molecule is O=C(/C=C/c1cc(Br)ccc1F)Nc1ccc(N2CCOCC2)cc1. The zero-order valence-corrected chi connectivity index (χ0v) is 15.1. The van der Waals surface area contributed by atoms with Crippen LogP contribution in [0.1, 0.15) is 5.56 Å². The van der Waals surface area contributed by atoms with E-state index >= 15 is 0 Å². The minimum atomic E-state index is -0.373. The molecule has 1 aliphatic heterocycles. The van der Waals surface area contributed by atoms with Crippen LogP contribution in [0.5, 0.6) is 0 Å². The largest absolute Gasteiger partial charge is 0.378 e. The highest BCUT2D eigenvalue weighted by molar-refractivity contribution is 9.10. The maximum Gasteiger partial charge on any atom is 0.248 e. The Balaban J connectivity index is 1.60. The van der Waals surface area contributed by atoms with Crippen molar-refractivity contribution in [2.75, 3.05) is 36.5 Å². The molecule has 1 N–H and O–H groups in total. The van der Waals surface area contributed by atoms with E-state index in [-0.39, 0.29) is 11.7 Å². The molecule has 0 atom stereocenters. The fourth-order valence-electron chi connectivity index (χ4n) is 2.57. The number of carbonyl (C=O) groups excluding carboxylic acids is 1. The normalized spacial score (nSPS) is 14.7. The topological polar surface area (TPSA) is 41.6 Å². The van der Waals surface area contributed by atoms with Crippen LogP contribution in [0.2, 0.25) is 0 Å². The minimum absolute atomic E-state index is 0.307. The van der Waals surface area contributed by atoms with Gasteiger partial charge in [-0.3, -0.25) is 4.79 Å². The molecule has 2 aromatic carbocycles. The van der Waals surface area contributed by atoms with Crippen molar-refractivity contribution in [2.45, 2.75) is 0 Å². The molecule has 0 spiro atoms. The molecule has 4 nitrogen and oxygen atoms in total. The second-order valence-corrected chi connectivity index (χ2v) is 6.55. The Morgan fingerprint density at radius 2 is 1.88 bits per heavy atom. The van der Waals surface area contributed by atoms with Crippen molar-refractivity contribution < 1.29 is 13.9 Å². The van der Waals surface area contributed by atoms with E-state index in [0.29, 0.717) is 11.3 Å². The number of rotatable bonds is 4. The van der Waals surface area contributed by atoms with Gasteiger partial charge in [0.25, 0.3) is 0 Å². The summed E-state index contributed by atoms with van der Waals surface area (Å²) in [5.74, 6) is -0.680. The summed E-state index contributed by atoms with van der Waals surface area (Å²) < 4.78 is 19.7. The van der Waals surface area contributed by atoms with Crippen LogP contribution >= 0.6 is 15.9 Å². The Morgan fingerprint density at radius 1 is 1.16 bits per heavy atom. The maximum atomic E-state index is 13.7. The number of halogens is 2. The molecule has 0 aliphatic carbocycles. The molecule has 6 heteroatoms. The lowest BCUT2D eigenvalue weighted by Gasteiger charge is -2.28. The third-order valence-corrected chi connectivity index (χ3v) is 4.38. The first-order valence-electron chi connectivity index (χ1n) is 7.99. The number of amides is 1. The third-order valence-electron chi connectivity index (χ3n) is 3.88. The number of benzene rings is 2. The van der Waals surface area contributed by atoms with Gasteiger partial charge in [0.1, 0.15) is 5.82 Å². The number of anilines is 2. The van der Waals surface area contributed by atoms with Crippen molar-refractivity contribution in [2.24, 2.45) is 0 Å². The molecule has 0 aromatic heterocycles. The zero-order valence-electron chi connectivity index (χ0n) is 13.5. The smallest absolute Gasteiger partial charge is 0.248 e. The van der Waals surface area contributed by atoms with Gasteiger partial charge in [0, 0.05) is 40.6 Å². The lowest BCUT2D eigenvalue weighted by molar-refractivity contribution is -0.111.